The number of aromatic nitrogens is 6. The Hall–Kier alpha value is -3.75. The van der Waals surface area contributed by atoms with Gasteiger partial charge >= 0.3 is 0 Å². The van der Waals surface area contributed by atoms with E-state index in [0.717, 1.165) is 78.7 Å². The number of rotatable bonds is 5. The monoisotopic (exact) mass is 428 g/mol. The van der Waals surface area contributed by atoms with Crippen LogP contribution in [0, 0.1) is 0 Å². The van der Waals surface area contributed by atoms with Crippen LogP contribution >= 0.6 is 0 Å². The molecule has 9 heteroatoms. The highest BCUT2D eigenvalue weighted by Gasteiger charge is 2.40. The fourth-order valence-electron chi connectivity index (χ4n) is 4.10. The number of benzene rings is 1. The molecule has 1 N–H and O–H groups in total. The number of hydrogen-bond acceptors (Lipinski definition) is 8. The molecule has 0 spiro atoms. The van der Waals surface area contributed by atoms with Crippen molar-refractivity contribution < 1.29 is 4.74 Å². The van der Waals surface area contributed by atoms with Crippen molar-refractivity contribution in [1.29, 1.82) is 0 Å². The number of fused-ring (bicyclic) bond motifs is 1. The number of hydrogen-bond donors (Lipinski definition) is 1. The van der Waals surface area contributed by atoms with E-state index in [9.17, 15) is 0 Å². The van der Waals surface area contributed by atoms with Gasteiger partial charge in [-0.05, 0) is 44.0 Å². The molecular formula is C23H24N8O. The third-order valence-electron chi connectivity index (χ3n) is 6.24. The van der Waals surface area contributed by atoms with Crippen LogP contribution < -0.4 is 14.5 Å². The highest BCUT2D eigenvalue weighted by molar-refractivity contribution is 5.93. The lowest BCUT2D eigenvalue weighted by atomic mass is 10.1. The Morgan fingerprint density at radius 2 is 1.69 bits per heavy atom. The van der Waals surface area contributed by atoms with Crippen molar-refractivity contribution >= 4 is 22.5 Å². The normalized spacial score (nSPS) is 17.5. The molecule has 3 aromatic heterocycles. The minimum atomic E-state index is -0.0202. The van der Waals surface area contributed by atoms with Crippen LogP contribution in [0.25, 0.3) is 22.3 Å². The van der Waals surface area contributed by atoms with E-state index in [1.165, 1.54) is 0 Å². The summed E-state index contributed by atoms with van der Waals surface area (Å²) < 4.78 is 6.15. The summed E-state index contributed by atoms with van der Waals surface area (Å²) in [5.74, 6) is 2.74. The van der Waals surface area contributed by atoms with Crippen LogP contribution in [-0.4, -0.2) is 61.9 Å². The molecule has 6 rings (SSSR count). The summed E-state index contributed by atoms with van der Waals surface area (Å²) in [6, 6.07) is 10.0. The summed E-state index contributed by atoms with van der Waals surface area (Å²) in [6.07, 6.45) is 7.19. The number of ether oxygens (including phenoxy) is 1. The second-order valence-corrected chi connectivity index (χ2v) is 8.63. The first-order chi connectivity index (χ1) is 15.7. The maximum absolute atomic E-state index is 6.15. The fraction of sp³-hybridized carbons (Fsp3) is 0.348. The zero-order valence-corrected chi connectivity index (χ0v) is 17.9. The molecule has 0 unspecified atom stereocenters. The lowest BCUT2D eigenvalue weighted by Crippen LogP contribution is -2.47. The molecule has 1 saturated heterocycles. The van der Waals surface area contributed by atoms with Crippen LogP contribution in [0.5, 0.6) is 5.75 Å². The summed E-state index contributed by atoms with van der Waals surface area (Å²) in [6.45, 7) is 5.62. The van der Waals surface area contributed by atoms with Crippen LogP contribution in [-0.2, 0) is 0 Å². The molecule has 2 fully saturated rings. The molecule has 1 saturated carbocycles. The predicted octanol–water partition coefficient (Wildman–Crippen LogP) is 3.07. The summed E-state index contributed by atoms with van der Waals surface area (Å²) in [4.78, 5) is 22.0. The van der Waals surface area contributed by atoms with Gasteiger partial charge in [-0.25, -0.2) is 19.9 Å². The van der Waals surface area contributed by atoms with Gasteiger partial charge in [0.05, 0.1) is 11.2 Å². The van der Waals surface area contributed by atoms with Crippen molar-refractivity contribution in [2.24, 2.45) is 0 Å². The fourth-order valence-corrected chi connectivity index (χ4v) is 4.10. The maximum atomic E-state index is 6.15. The van der Waals surface area contributed by atoms with Crippen molar-refractivity contribution in [3.05, 3.63) is 49.2 Å². The number of anilines is 2. The van der Waals surface area contributed by atoms with E-state index < -0.39 is 0 Å². The van der Waals surface area contributed by atoms with Gasteiger partial charge in [0.1, 0.15) is 41.3 Å². The maximum Gasteiger partial charge on any atom is 0.132 e. The molecule has 0 atom stereocenters. The average molecular weight is 429 g/mol. The van der Waals surface area contributed by atoms with Gasteiger partial charge in [0.2, 0.25) is 0 Å². The van der Waals surface area contributed by atoms with Gasteiger partial charge in [-0.2, -0.15) is 5.10 Å². The van der Waals surface area contributed by atoms with E-state index in [1.807, 2.05) is 24.3 Å². The molecule has 0 amide bonds. The van der Waals surface area contributed by atoms with Crippen LogP contribution in [0.4, 0.5) is 11.6 Å². The first-order valence-corrected chi connectivity index (χ1v) is 10.9. The molecule has 2 aliphatic rings. The van der Waals surface area contributed by atoms with E-state index in [4.69, 9.17) is 4.74 Å². The highest BCUT2D eigenvalue weighted by Crippen LogP contribution is 2.40. The first kappa shape index (κ1) is 19.0. The minimum Gasteiger partial charge on any atom is -0.488 e. The Balaban J connectivity index is 1.24. The number of nitrogens with one attached hydrogen (secondary N) is 1. The predicted molar refractivity (Wildman–Crippen MR) is 122 cm³/mol. The van der Waals surface area contributed by atoms with Crippen molar-refractivity contribution in [2.45, 2.75) is 25.4 Å². The summed E-state index contributed by atoms with van der Waals surface area (Å²) in [7, 11) is 0. The Morgan fingerprint density at radius 1 is 0.906 bits per heavy atom. The zero-order valence-electron chi connectivity index (χ0n) is 17.9. The third-order valence-corrected chi connectivity index (χ3v) is 6.24. The van der Waals surface area contributed by atoms with Gasteiger partial charge in [-0.3, -0.25) is 5.10 Å². The van der Waals surface area contributed by atoms with Gasteiger partial charge in [-0.1, -0.05) is 0 Å². The lowest BCUT2D eigenvalue weighted by molar-refractivity contribution is 0.200. The van der Waals surface area contributed by atoms with E-state index in [-0.39, 0.29) is 5.60 Å². The van der Waals surface area contributed by atoms with Gasteiger partial charge < -0.3 is 14.5 Å². The third kappa shape index (κ3) is 3.59. The smallest absolute Gasteiger partial charge is 0.132 e. The SMILES string of the molecule is CC1(Oc2ccc3[nH]nc(-c4cc(N5CCN(c6ccncn6)CC5)ncn4)c3c2)CC1. The van der Waals surface area contributed by atoms with Crippen LogP contribution in [0.1, 0.15) is 19.8 Å². The van der Waals surface area contributed by atoms with Gasteiger partial charge in [0.25, 0.3) is 0 Å². The molecule has 162 valence electrons. The Labute approximate surface area is 185 Å². The van der Waals surface area contributed by atoms with E-state index in [2.05, 4.69) is 52.9 Å². The van der Waals surface area contributed by atoms with Crippen LogP contribution in [0.2, 0.25) is 0 Å². The molecular weight excluding hydrogens is 404 g/mol. The minimum absolute atomic E-state index is 0.0202. The van der Waals surface area contributed by atoms with E-state index >= 15 is 0 Å². The Kier molecular flexibility index (Phi) is 4.41. The lowest BCUT2D eigenvalue weighted by Gasteiger charge is -2.35. The molecule has 4 aromatic rings. The van der Waals surface area contributed by atoms with Gasteiger partial charge in [0.15, 0.2) is 0 Å². The standard InChI is InChI=1S/C23H24N8O/c1-23(5-6-23)32-16-2-3-18-17(12-16)22(29-28-18)19-13-21(27-15-25-19)31-10-8-30(9-11-31)20-4-7-24-14-26-20/h2-4,7,12-15H,5-6,8-11H2,1H3,(H,28,29). The first-order valence-electron chi connectivity index (χ1n) is 10.9. The quantitative estimate of drug-likeness (QED) is 0.518. The van der Waals surface area contributed by atoms with Gasteiger partial charge in [-0.15, -0.1) is 0 Å². The molecule has 4 heterocycles. The molecule has 32 heavy (non-hydrogen) atoms. The summed E-state index contributed by atoms with van der Waals surface area (Å²) in [5.41, 5.74) is 2.56. The largest absolute Gasteiger partial charge is 0.488 e. The van der Waals surface area contributed by atoms with Crippen molar-refractivity contribution in [1.82, 2.24) is 30.1 Å². The second kappa shape index (κ2) is 7.44. The van der Waals surface area contributed by atoms with Crippen molar-refractivity contribution in [3.8, 4) is 17.1 Å². The Bertz CT molecular complexity index is 1250. The number of piperazine rings is 1. The second-order valence-electron chi connectivity index (χ2n) is 8.63. The summed E-state index contributed by atoms with van der Waals surface area (Å²) >= 11 is 0. The number of H-pyrrole nitrogens is 1. The zero-order chi connectivity index (χ0) is 21.5. The summed E-state index contributed by atoms with van der Waals surface area (Å²) in [5, 5.41) is 8.67. The van der Waals surface area contributed by atoms with Crippen LogP contribution in [0.3, 0.4) is 0 Å². The topological polar surface area (TPSA) is 96.0 Å². The van der Waals surface area contributed by atoms with Crippen molar-refractivity contribution in [3.63, 3.8) is 0 Å². The van der Waals surface area contributed by atoms with Crippen LogP contribution in [0.15, 0.2) is 49.2 Å². The van der Waals surface area contributed by atoms with E-state index in [1.54, 1.807) is 18.9 Å². The average Bonchev–Trinajstić information content (AvgIpc) is 3.42. The highest BCUT2D eigenvalue weighted by atomic mass is 16.5. The molecule has 1 aliphatic carbocycles. The molecule has 0 radical (unpaired) electrons. The number of aromatic amines is 1. The number of nitrogens with zero attached hydrogens (tertiary/aromatic N) is 7. The van der Waals surface area contributed by atoms with E-state index in [0.29, 0.717) is 0 Å². The molecule has 1 aromatic carbocycles. The Morgan fingerprint density at radius 3 is 2.44 bits per heavy atom. The molecule has 1 aliphatic heterocycles. The van der Waals surface area contributed by atoms with Gasteiger partial charge in [0, 0.05) is 43.8 Å². The molecule has 9 nitrogen and oxygen atoms in total. The molecule has 0 bridgehead atoms. The van der Waals surface area contributed by atoms with Crippen molar-refractivity contribution in [2.75, 3.05) is 36.0 Å².